The second-order valence-corrected chi connectivity index (χ2v) is 21.9. The van der Waals surface area contributed by atoms with Gasteiger partial charge in [0.15, 0.2) is 0 Å². The molecule has 512 valence electrons. The Hall–Kier alpha value is -3.92. The van der Waals surface area contributed by atoms with E-state index in [1.807, 2.05) is 27.7 Å². The van der Waals surface area contributed by atoms with Crippen LogP contribution in [0.1, 0.15) is 136 Å². The summed E-state index contributed by atoms with van der Waals surface area (Å²) in [7, 11) is 29.5. The van der Waals surface area contributed by atoms with Gasteiger partial charge in [0, 0.05) is 194 Å². The molecular weight excluding hydrogens is 1090 g/mol. The topological polar surface area (TPSA) is 140 Å². The second-order valence-electron chi connectivity index (χ2n) is 21.9. The van der Waals surface area contributed by atoms with Gasteiger partial charge in [-0.2, -0.15) is 10.5 Å². The van der Waals surface area contributed by atoms with Crippen molar-refractivity contribution in [2.75, 3.05) is 198 Å². The highest BCUT2D eigenvalue weighted by Gasteiger charge is 2.12. The summed E-state index contributed by atoms with van der Waals surface area (Å²) in [6.45, 7) is 40.8. The maximum Gasteiger partial charge on any atom is 0.0622 e. The van der Waals surface area contributed by atoms with Crippen molar-refractivity contribution in [1.82, 2.24) is 45.6 Å². The lowest BCUT2D eigenvalue weighted by Gasteiger charge is -2.30. The Kier molecular flexibility index (Phi) is 72.0. The van der Waals surface area contributed by atoms with Gasteiger partial charge in [-0.05, 0) is 177 Å². The maximum atomic E-state index is 8.69. The molecular formula is C71H143N11O5. The standard InChI is InChI=1S/C20H34N4.C20H37N3O.C19H32N4.4C2H6O.2C2H6.2H2/c1-17-15-18(2)20(19(3)16-17)9-12-23(6)13-14-24(22(4)5)11-8-7-10-21;1-17-15-18(2)20(19(3)16-17)9-10-21-11-13-23(22(4)5)12-7-8-14-24-6;1-16-14-17(2)19(18(3)15-16)8-10-21-11-13-23(22(4)5)12-7-6-9-20;4*1-3-2;2*1-2;;/h15-16H,7-9,11-14H2,1-6H3;15-16,21H,7-14H2,1-6H3;14-15,21H,6-8,10-13H2,1-5H3;4*1-2H3;2*1-2H3;2*1H. The summed E-state index contributed by atoms with van der Waals surface area (Å²) in [5.74, 6) is 0. The van der Waals surface area contributed by atoms with Crippen LogP contribution in [0.25, 0.3) is 0 Å². The zero-order chi connectivity index (χ0) is 68.1. The molecule has 2 N–H and O–H groups in total. The average Bonchev–Trinajstić information content (AvgIpc) is 3.57. The Morgan fingerprint density at radius 1 is 0.368 bits per heavy atom. The van der Waals surface area contributed by atoms with E-state index < -0.39 is 0 Å². The number of likely N-dealkylation sites (N-methyl/N-ethyl adjacent to an activating group) is 1. The molecule has 0 amide bonds. The molecule has 0 unspecified atom stereocenters. The van der Waals surface area contributed by atoms with Crippen LogP contribution >= 0.6 is 0 Å². The van der Waals surface area contributed by atoms with Crippen LogP contribution in [-0.4, -0.2) is 233 Å². The lowest BCUT2D eigenvalue weighted by atomic mass is 9.97. The largest absolute Gasteiger partial charge is 0.388 e. The average molecular weight is 1230 g/mol. The molecule has 3 aromatic carbocycles. The SMILES string of the molecule is CC.CC.COC.COC.COC.COC.COCCCCN(CCNCCc1c(C)cc(C)cc1C)N(C)C.Cc1cc(C)c(CCN(C)CCN(CCCC#N)N(C)C)c(C)c1.Cc1cc(C)c(CCNCCN(CCCC#N)N(C)C)c(C)c1.[HH].[HH]. The fourth-order valence-corrected chi connectivity index (χ4v) is 9.36. The first-order valence-electron chi connectivity index (χ1n) is 31.8. The number of rotatable bonds is 32. The molecule has 16 heteroatoms. The molecule has 0 heterocycles. The van der Waals surface area contributed by atoms with E-state index in [0.29, 0.717) is 12.8 Å². The Morgan fingerprint density at radius 3 is 0.920 bits per heavy atom. The molecule has 0 saturated heterocycles. The first-order valence-corrected chi connectivity index (χ1v) is 31.8. The van der Waals surface area contributed by atoms with Crippen LogP contribution in [0.4, 0.5) is 0 Å². The normalized spacial score (nSPS) is 10.3. The molecule has 0 aliphatic rings. The summed E-state index contributed by atoms with van der Waals surface area (Å²) >= 11 is 0. The summed E-state index contributed by atoms with van der Waals surface area (Å²) in [5, 5.41) is 37.9. The zero-order valence-electron chi connectivity index (χ0n) is 62.1. The Morgan fingerprint density at radius 2 is 0.644 bits per heavy atom. The number of methoxy groups -OCH3 is 5. The molecule has 87 heavy (non-hydrogen) atoms. The van der Waals surface area contributed by atoms with Crippen molar-refractivity contribution in [3.63, 3.8) is 0 Å². The highest BCUT2D eigenvalue weighted by Crippen LogP contribution is 2.19. The number of aryl methyl sites for hydroxylation is 9. The Balaban J connectivity index is -0.000000162. The van der Waals surface area contributed by atoms with Gasteiger partial charge in [-0.3, -0.25) is 0 Å². The van der Waals surface area contributed by atoms with Gasteiger partial charge >= 0.3 is 0 Å². The van der Waals surface area contributed by atoms with E-state index in [0.717, 1.165) is 124 Å². The lowest BCUT2D eigenvalue weighted by Crippen LogP contribution is -2.42. The fourth-order valence-electron chi connectivity index (χ4n) is 9.36. The van der Waals surface area contributed by atoms with Crippen molar-refractivity contribution in [1.29, 1.82) is 10.5 Å². The number of hydrazine groups is 3. The molecule has 0 saturated carbocycles. The van der Waals surface area contributed by atoms with Gasteiger partial charge in [0.25, 0.3) is 0 Å². The summed E-state index contributed by atoms with van der Waals surface area (Å²) < 4.78 is 22.1. The first kappa shape index (κ1) is 94.2. The van der Waals surface area contributed by atoms with Gasteiger partial charge in [-0.25, -0.2) is 30.1 Å². The molecule has 0 fully saturated rings. The van der Waals surface area contributed by atoms with Crippen LogP contribution in [0.15, 0.2) is 36.4 Å². The molecule has 0 aliphatic heterocycles. The molecule has 0 atom stereocenters. The van der Waals surface area contributed by atoms with E-state index in [1.165, 1.54) is 73.2 Å². The molecule has 3 aromatic rings. The van der Waals surface area contributed by atoms with E-state index in [1.54, 1.807) is 64.0 Å². The number of nitriles is 2. The molecule has 0 bridgehead atoms. The van der Waals surface area contributed by atoms with E-state index in [9.17, 15) is 0 Å². The Labute approximate surface area is 542 Å². The predicted octanol–water partition coefficient (Wildman–Crippen LogP) is 12.5. The number of ether oxygens (including phenoxy) is 5. The number of nitrogens with zero attached hydrogens (tertiary/aromatic N) is 9. The van der Waals surface area contributed by atoms with Gasteiger partial charge in [-0.15, -0.1) is 0 Å². The van der Waals surface area contributed by atoms with E-state index in [4.69, 9.17) is 15.3 Å². The molecule has 16 nitrogen and oxygen atoms in total. The van der Waals surface area contributed by atoms with Gasteiger partial charge in [0.1, 0.15) is 0 Å². The number of hydrogen-bond acceptors (Lipinski definition) is 16. The summed E-state index contributed by atoms with van der Waals surface area (Å²) in [5.41, 5.74) is 17.0. The summed E-state index contributed by atoms with van der Waals surface area (Å²) in [6, 6.07) is 18.1. The molecule has 0 radical (unpaired) electrons. The highest BCUT2D eigenvalue weighted by atomic mass is 16.5. The minimum atomic E-state index is 0. The maximum absolute atomic E-state index is 8.69. The Bertz CT molecular complexity index is 2010. The third kappa shape index (κ3) is 54.7. The number of hydrogen-bond donors (Lipinski definition) is 2. The molecule has 0 spiro atoms. The van der Waals surface area contributed by atoms with Crippen molar-refractivity contribution in [3.05, 3.63) is 103 Å². The van der Waals surface area contributed by atoms with Gasteiger partial charge in [0.05, 0.1) is 12.1 Å². The zero-order valence-corrected chi connectivity index (χ0v) is 62.1. The van der Waals surface area contributed by atoms with Crippen molar-refractivity contribution < 1.29 is 26.5 Å². The quantitative estimate of drug-likeness (QED) is 0.0452. The second kappa shape index (κ2) is 66.5. The number of unbranched alkanes of at least 4 members (excludes halogenated alkanes) is 3. The van der Waals surface area contributed by atoms with E-state index in [2.05, 4.69) is 225 Å². The van der Waals surface area contributed by atoms with Gasteiger partial charge in [0.2, 0.25) is 0 Å². The summed E-state index contributed by atoms with van der Waals surface area (Å²) in [6.07, 6.45) is 8.70. The predicted molar refractivity (Wildman–Crippen MR) is 382 cm³/mol. The van der Waals surface area contributed by atoms with Crippen LogP contribution < -0.4 is 10.6 Å². The molecule has 3 rings (SSSR count). The number of nitrogens with one attached hydrogen (secondary N) is 2. The van der Waals surface area contributed by atoms with Crippen molar-refractivity contribution >= 4 is 0 Å². The minimum Gasteiger partial charge on any atom is -0.388 e. The van der Waals surface area contributed by atoms with Crippen LogP contribution in [0.2, 0.25) is 0 Å². The highest BCUT2D eigenvalue weighted by molar-refractivity contribution is 5.39. The van der Waals surface area contributed by atoms with E-state index >= 15 is 0 Å². The molecule has 0 aliphatic carbocycles. The summed E-state index contributed by atoms with van der Waals surface area (Å²) in [4.78, 5) is 2.40. The monoisotopic (exact) mass is 1230 g/mol. The fraction of sp³-hybridized carbons (Fsp3) is 0.718. The van der Waals surface area contributed by atoms with Crippen molar-refractivity contribution in [2.45, 2.75) is 148 Å². The first-order chi connectivity index (χ1) is 41.4. The van der Waals surface area contributed by atoms with Crippen LogP contribution in [-0.2, 0) is 42.9 Å². The van der Waals surface area contributed by atoms with Crippen LogP contribution in [0.3, 0.4) is 0 Å². The minimum absolute atomic E-state index is 0. The van der Waals surface area contributed by atoms with E-state index in [-0.39, 0.29) is 2.85 Å². The van der Waals surface area contributed by atoms with Crippen molar-refractivity contribution in [3.8, 4) is 12.1 Å². The smallest absolute Gasteiger partial charge is 0.0622 e. The lowest BCUT2D eigenvalue weighted by molar-refractivity contribution is 0.0173. The third-order valence-corrected chi connectivity index (χ3v) is 13.3. The van der Waals surface area contributed by atoms with Gasteiger partial charge < -0.3 is 39.2 Å². The number of benzene rings is 3. The van der Waals surface area contributed by atoms with Gasteiger partial charge in [-0.1, -0.05) is 80.8 Å². The van der Waals surface area contributed by atoms with Crippen LogP contribution in [0, 0.1) is 85.0 Å². The molecule has 0 aromatic heterocycles. The van der Waals surface area contributed by atoms with Crippen LogP contribution in [0.5, 0.6) is 0 Å². The van der Waals surface area contributed by atoms with Crippen molar-refractivity contribution in [2.24, 2.45) is 0 Å². The third-order valence-electron chi connectivity index (χ3n) is 13.3.